The van der Waals surface area contributed by atoms with Crippen molar-refractivity contribution >= 4 is 18.2 Å². The molecule has 23 heavy (non-hydrogen) atoms. The molecule has 2 aliphatic carbocycles. The highest BCUT2D eigenvalue weighted by molar-refractivity contribution is 5.98. The molecule has 0 saturated heterocycles. The van der Waals surface area contributed by atoms with Crippen LogP contribution in [0.1, 0.15) is 72.1 Å². The predicted octanol–water partition coefficient (Wildman–Crippen LogP) is 4.37. The summed E-state index contributed by atoms with van der Waals surface area (Å²) in [5.74, 6) is 0.410. The Balaban J connectivity index is 0.00000192. The molecule has 0 amide bonds. The summed E-state index contributed by atoms with van der Waals surface area (Å²) in [6.45, 7) is 9.79. The van der Waals surface area contributed by atoms with Crippen LogP contribution in [-0.2, 0) is 4.79 Å². The van der Waals surface area contributed by atoms with Crippen LogP contribution in [0.25, 0.3) is 0 Å². The van der Waals surface area contributed by atoms with Gasteiger partial charge in [0.1, 0.15) is 0 Å². The molecular weight excluding hydrogens is 308 g/mol. The van der Waals surface area contributed by atoms with Crippen LogP contribution >= 0.6 is 12.4 Å². The number of ketones is 1. The van der Waals surface area contributed by atoms with Crippen molar-refractivity contribution in [3.63, 3.8) is 0 Å². The molecule has 0 bridgehead atoms. The highest BCUT2D eigenvalue weighted by Gasteiger charge is 2.40. The van der Waals surface area contributed by atoms with Crippen molar-refractivity contribution in [2.24, 2.45) is 5.41 Å². The van der Waals surface area contributed by atoms with E-state index in [1.807, 2.05) is 0 Å². The van der Waals surface area contributed by atoms with Crippen molar-refractivity contribution in [1.82, 2.24) is 9.80 Å². The Labute approximate surface area is 147 Å². The summed E-state index contributed by atoms with van der Waals surface area (Å²) in [6, 6.07) is 0.667. The topological polar surface area (TPSA) is 23.6 Å². The van der Waals surface area contributed by atoms with E-state index in [0.717, 1.165) is 38.2 Å². The normalized spacial score (nSPS) is 26.0. The second-order valence-corrected chi connectivity index (χ2v) is 8.32. The van der Waals surface area contributed by atoms with E-state index in [1.165, 1.54) is 44.2 Å². The van der Waals surface area contributed by atoms with E-state index in [-0.39, 0.29) is 17.8 Å². The van der Waals surface area contributed by atoms with Crippen molar-refractivity contribution in [2.45, 2.75) is 78.2 Å². The zero-order valence-electron chi connectivity index (χ0n) is 15.1. The fourth-order valence-corrected chi connectivity index (χ4v) is 4.55. The van der Waals surface area contributed by atoms with Crippen molar-refractivity contribution in [1.29, 1.82) is 0 Å². The van der Waals surface area contributed by atoms with Crippen LogP contribution in [0.4, 0.5) is 0 Å². The average Bonchev–Trinajstić information content (AvgIpc) is 2.48. The lowest BCUT2D eigenvalue weighted by atomic mass is 9.74. The fraction of sp³-hybridized carbons (Fsp3) is 0.842. The minimum absolute atomic E-state index is 0. The monoisotopic (exact) mass is 340 g/mol. The van der Waals surface area contributed by atoms with Crippen molar-refractivity contribution in [3.05, 3.63) is 11.3 Å². The molecule has 0 N–H and O–H groups in total. The molecule has 0 unspecified atom stereocenters. The van der Waals surface area contributed by atoms with E-state index in [2.05, 4.69) is 30.6 Å². The number of nitrogens with zero attached hydrogens (tertiary/aromatic N) is 2. The minimum atomic E-state index is 0. The summed E-state index contributed by atoms with van der Waals surface area (Å²) in [6.07, 6.45) is 9.70. The van der Waals surface area contributed by atoms with Crippen molar-refractivity contribution < 1.29 is 4.79 Å². The Hall–Kier alpha value is -0.540. The molecule has 1 saturated carbocycles. The SMILES string of the molecule is CCCN1CC2=C(CC(C)(C)CC2=O)N(C2CCCCC2)C1.Cl. The van der Waals surface area contributed by atoms with Gasteiger partial charge in [-0.3, -0.25) is 9.69 Å². The van der Waals surface area contributed by atoms with Gasteiger partial charge in [-0.2, -0.15) is 0 Å². The second-order valence-electron chi connectivity index (χ2n) is 8.32. The first kappa shape index (κ1) is 18.8. The van der Waals surface area contributed by atoms with Gasteiger partial charge in [-0.1, -0.05) is 40.0 Å². The Morgan fingerprint density at radius 1 is 1.13 bits per heavy atom. The van der Waals surface area contributed by atoms with Crippen molar-refractivity contribution in [2.75, 3.05) is 19.8 Å². The lowest BCUT2D eigenvalue weighted by Gasteiger charge is -2.49. The summed E-state index contributed by atoms with van der Waals surface area (Å²) >= 11 is 0. The molecule has 0 radical (unpaired) electrons. The number of carbonyl (C=O) groups excluding carboxylic acids is 1. The number of hydrogen-bond acceptors (Lipinski definition) is 3. The van der Waals surface area contributed by atoms with Gasteiger partial charge in [0.2, 0.25) is 0 Å². The Bertz CT molecular complexity index is 466. The van der Waals surface area contributed by atoms with E-state index >= 15 is 0 Å². The Morgan fingerprint density at radius 2 is 1.83 bits per heavy atom. The van der Waals surface area contributed by atoms with E-state index in [0.29, 0.717) is 11.8 Å². The first-order chi connectivity index (χ1) is 10.5. The molecule has 3 nitrogen and oxygen atoms in total. The van der Waals surface area contributed by atoms with Gasteiger partial charge >= 0.3 is 0 Å². The maximum atomic E-state index is 12.7. The first-order valence-electron chi connectivity index (χ1n) is 9.24. The van der Waals surface area contributed by atoms with Crippen LogP contribution in [0.3, 0.4) is 0 Å². The number of rotatable bonds is 3. The van der Waals surface area contributed by atoms with Crippen LogP contribution in [0.2, 0.25) is 0 Å². The zero-order chi connectivity index (χ0) is 15.7. The van der Waals surface area contributed by atoms with Gasteiger partial charge in [-0.25, -0.2) is 0 Å². The smallest absolute Gasteiger partial charge is 0.162 e. The van der Waals surface area contributed by atoms with Crippen LogP contribution in [0.15, 0.2) is 11.3 Å². The summed E-state index contributed by atoms with van der Waals surface area (Å²) in [7, 11) is 0. The molecule has 0 atom stereocenters. The van der Waals surface area contributed by atoms with Crippen LogP contribution in [0.5, 0.6) is 0 Å². The van der Waals surface area contributed by atoms with Gasteiger partial charge in [0.25, 0.3) is 0 Å². The largest absolute Gasteiger partial charge is 0.358 e. The minimum Gasteiger partial charge on any atom is -0.358 e. The second kappa shape index (κ2) is 7.57. The molecule has 0 spiro atoms. The van der Waals surface area contributed by atoms with Gasteiger partial charge in [0.15, 0.2) is 5.78 Å². The first-order valence-corrected chi connectivity index (χ1v) is 9.24. The molecule has 3 rings (SSSR count). The van der Waals surface area contributed by atoms with Gasteiger partial charge in [-0.05, 0) is 37.6 Å². The molecule has 0 aromatic heterocycles. The van der Waals surface area contributed by atoms with Gasteiger partial charge in [0, 0.05) is 30.3 Å². The lowest BCUT2D eigenvalue weighted by molar-refractivity contribution is -0.119. The summed E-state index contributed by atoms with van der Waals surface area (Å²) in [5.41, 5.74) is 2.68. The predicted molar refractivity (Wildman–Crippen MR) is 97.7 cm³/mol. The number of Topliss-reactive ketones (excluding diaryl/α,β-unsaturated/α-hetero) is 1. The molecule has 1 aliphatic heterocycles. The third-order valence-corrected chi connectivity index (χ3v) is 5.61. The molecule has 1 heterocycles. The summed E-state index contributed by atoms with van der Waals surface area (Å²) in [4.78, 5) is 17.8. The quantitative estimate of drug-likeness (QED) is 0.762. The highest BCUT2D eigenvalue weighted by Crippen LogP contribution is 2.42. The maximum Gasteiger partial charge on any atom is 0.162 e. The maximum absolute atomic E-state index is 12.7. The number of halogens is 1. The van der Waals surface area contributed by atoms with Crippen molar-refractivity contribution in [3.8, 4) is 0 Å². The van der Waals surface area contributed by atoms with E-state index in [1.54, 1.807) is 0 Å². The molecule has 4 heteroatoms. The average molecular weight is 341 g/mol. The van der Waals surface area contributed by atoms with E-state index < -0.39 is 0 Å². The third-order valence-electron chi connectivity index (χ3n) is 5.61. The number of carbonyl (C=O) groups is 1. The third kappa shape index (κ3) is 4.11. The fourth-order valence-electron chi connectivity index (χ4n) is 4.55. The van der Waals surface area contributed by atoms with E-state index in [9.17, 15) is 4.79 Å². The molecule has 0 aromatic rings. The zero-order valence-corrected chi connectivity index (χ0v) is 15.9. The van der Waals surface area contributed by atoms with Crippen LogP contribution in [-0.4, -0.2) is 41.4 Å². The molecule has 1 fully saturated rings. The molecule has 0 aromatic carbocycles. The van der Waals surface area contributed by atoms with Crippen LogP contribution in [0, 0.1) is 5.41 Å². The van der Waals surface area contributed by atoms with Crippen LogP contribution < -0.4 is 0 Å². The molecule has 132 valence electrons. The molecule has 3 aliphatic rings. The van der Waals surface area contributed by atoms with E-state index in [4.69, 9.17) is 0 Å². The van der Waals surface area contributed by atoms with Gasteiger partial charge < -0.3 is 4.90 Å². The number of hydrogen-bond donors (Lipinski definition) is 0. The Kier molecular flexibility index (Phi) is 6.18. The van der Waals surface area contributed by atoms with Gasteiger partial charge in [-0.15, -0.1) is 12.4 Å². The molecular formula is C19H33ClN2O. The van der Waals surface area contributed by atoms with Gasteiger partial charge in [0.05, 0.1) is 6.67 Å². The summed E-state index contributed by atoms with van der Waals surface area (Å²) < 4.78 is 0. The highest BCUT2D eigenvalue weighted by atomic mass is 35.5. The Morgan fingerprint density at radius 3 is 2.48 bits per heavy atom. The lowest BCUT2D eigenvalue weighted by Crippen LogP contribution is -2.52. The standard InChI is InChI=1S/C19H32N2O.ClH/c1-4-10-20-13-16-17(11-19(2,3)12-18(16)22)21(14-20)15-8-6-5-7-9-15;/h15H,4-14H2,1-3H3;1H. The number of allylic oxidation sites excluding steroid dienone is 1. The summed E-state index contributed by atoms with van der Waals surface area (Å²) in [5, 5.41) is 0.